The fourth-order valence-corrected chi connectivity index (χ4v) is 3.79. The van der Waals surface area contributed by atoms with Crippen LogP contribution in [0.1, 0.15) is 56.6 Å². The average molecular weight is 400 g/mol. The summed E-state index contributed by atoms with van der Waals surface area (Å²) in [5.74, 6) is 0. The third-order valence-electron chi connectivity index (χ3n) is 5.04. The third kappa shape index (κ3) is 8.70. The lowest BCUT2D eigenvalue weighted by Crippen LogP contribution is -2.45. The van der Waals surface area contributed by atoms with Crippen molar-refractivity contribution in [2.75, 3.05) is 26.4 Å². The predicted molar refractivity (Wildman–Crippen MR) is 106 cm³/mol. The molecule has 0 amide bonds. The topological polar surface area (TPSA) is 76.1 Å². The van der Waals surface area contributed by atoms with Gasteiger partial charge in [0.05, 0.1) is 19.3 Å². The van der Waals surface area contributed by atoms with E-state index in [9.17, 15) is 8.42 Å². The second-order valence-electron chi connectivity index (χ2n) is 7.20. The maximum absolute atomic E-state index is 11.0. The van der Waals surface area contributed by atoms with Crippen LogP contribution in [0.2, 0.25) is 0 Å². The van der Waals surface area contributed by atoms with Gasteiger partial charge in [-0.2, -0.15) is 8.42 Å². The van der Waals surface area contributed by atoms with Crippen LogP contribution < -0.4 is 0 Å². The standard InChI is InChI=1S/C20H33NO5S/c1-2-3-4-5-6-9-14-25-16-20(17-26-27(22,23)24)21-13-12-18-10-7-8-11-19(18)15-21/h7-8,10-11,20H,2-6,9,12-17H2,1H3,(H,22,23,24). The van der Waals surface area contributed by atoms with Crippen LogP contribution in [0.5, 0.6) is 0 Å². The molecule has 2 rings (SSSR count). The van der Waals surface area contributed by atoms with Crippen molar-refractivity contribution in [1.82, 2.24) is 4.90 Å². The van der Waals surface area contributed by atoms with Crippen molar-refractivity contribution in [2.24, 2.45) is 0 Å². The first-order valence-electron chi connectivity index (χ1n) is 10.00. The predicted octanol–water partition coefficient (Wildman–Crippen LogP) is 3.61. The molecule has 1 aromatic rings. The number of nitrogens with zero attached hydrogens (tertiary/aromatic N) is 1. The molecule has 27 heavy (non-hydrogen) atoms. The molecule has 154 valence electrons. The van der Waals surface area contributed by atoms with E-state index in [1.54, 1.807) is 0 Å². The van der Waals surface area contributed by atoms with E-state index in [0.29, 0.717) is 13.2 Å². The fraction of sp³-hybridized carbons (Fsp3) is 0.700. The lowest BCUT2D eigenvalue weighted by Gasteiger charge is -2.35. The summed E-state index contributed by atoms with van der Waals surface area (Å²) in [7, 11) is -4.45. The summed E-state index contributed by atoms with van der Waals surface area (Å²) in [6.45, 7) is 4.72. The first-order valence-corrected chi connectivity index (χ1v) is 11.4. The molecule has 0 aliphatic carbocycles. The molecule has 0 saturated heterocycles. The van der Waals surface area contributed by atoms with E-state index in [4.69, 9.17) is 9.29 Å². The number of ether oxygens (including phenoxy) is 1. The minimum absolute atomic E-state index is 0.0997. The first kappa shape index (κ1) is 22.3. The summed E-state index contributed by atoms with van der Waals surface area (Å²) in [6.07, 6.45) is 8.11. The molecule has 7 heteroatoms. The van der Waals surface area contributed by atoms with Gasteiger partial charge in [-0.3, -0.25) is 9.45 Å². The summed E-state index contributed by atoms with van der Waals surface area (Å²) >= 11 is 0. The Balaban J connectivity index is 1.81. The zero-order valence-corrected chi connectivity index (χ0v) is 17.1. The second kappa shape index (κ2) is 11.8. The van der Waals surface area contributed by atoms with Gasteiger partial charge < -0.3 is 4.74 Å². The van der Waals surface area contributed by atoms with Gasteiger partial charge in [0.2, 0.25) is 0 Å². The van der Waals surface area contributed by atoms with Gasteiger partial charge in [-0.25, -0.2) is 4.18 Å². The highest BCUT2D eigenvalue weighted by molar-refractivity contribution is 7.80. The Labute approximate surface area is 163 Å². The Hall–Kier alpha value is -0.990. The molecule has 0 spiro atoms. The van der Waals surface area contributed by atoms with E-state index in [0.717, 1.165) is 32.4 Å². The van der Waals surface area contributed by atoms with Crippen LogP contribution in [0.25, 0.3) is 0 Å². The van der Waals surface area contributed by atoms with E-state index in [-0.39, 0.29) is 12.6 Å². The molecule has 0 saturated carbocycles. The highest BCUT2D eigenvalue weighted by atomic mass is 32.3. The molecule has 6 nitrogen and oxygen atoms in total. The number of benzene rings is 1. The molecule has 0 aromatic heterocycles. The molecular weight excluding hydrogens is 366 g/mol. The van der Waals surface area contributed by atoms with Gasteiger partial charge in [0.15, 0.2) is 0 Å². The Morgan fingerprint density at radius 3 is 2.52 bits per heavy atom. The third-order valence-corrected chi connectivity index (χ3v) is 5.47. The monoisotopic (exact) mass is 399 g/mol. The normalized spacial score (nSPS) is 16.2. The second-order valence-corrected chi connectivity index (χ2v) is 8.29. The van der Waals surface area contributed by atoms with Gasteiger partial charge in [-0.15, -0.1) is 0 Å². The van der Waals surface area contributed by atoms with Crippen LogP contribution >= 0.6 is 0 Å². The largest absolute Gasteiger partial charge is 0.397 e. The molecule has 0 fully saturated rings. The highest BCUT2D eigenvalue weighted by Gasteiger charge is 2.25. The van der Waals surface area contributed by atoms with E-state index in [1.807, 2.05) is 12.1 Å². The Kier molecular flexibility index (Phi) is 9.72. The van der Waals surface area contributed by atoms with Crippen molar-refractivity contribution >= 4 is 10.4 Å². The van der Waals surface area contributed by atoms with E-state index in [1.165, 1.54) is 36.8 Å². The number of unbranched alkanes of at least 4 members (excludes halogenated alkanes) is 5. The van der Waals surface area contributed by atoms with E-state index in [2.05, 4.69) is 28.1 Å². The minimum atomic E-state index is -4.45. The smallest absolute Gasteiger partial charge is 0.380 e. The highest BCUT2D eigenvalue weighted by Crippen LogP contribution is 2.21. The molecule has 1 aliphatic heterocycles. The summed E-state index contributed by atoms with van der Waals surface area (Å²) in [4.78, 5) is 2.18. The Bertz CT molecular complexity index is 650. The maximum atomic E-state index is 11.0. The number of hydrogen-bond donors (Lipinski definition) is 1. The quantitative estimate of drug-likeness (QED) is 0.403. The molecular formula is C20H33NO5S. The molecule has 1 atom stereocenters. The summed E-state index contributed by atoms with van der Waals surface area (Å²) in [5.41, 5.74) is 2.58. The molecule has 0 radical (unpaired) electrons. The van der Waals surface area contributed by atoms with Gasteiger partial charge in [-0.1, -0.05) is 63.3 Å². The fourth-order valence-electron chi connectivity index (χ4n) is 3.46. The van der Waals surface area contributed by atoms with Crippen LogP contribution in [-0.4, -0.2) is 50.3 Å². The van der Waals surface area contributed by atoms with Crippen molar-refractivity contribution < 1.29 is 21.9 Å². The SMILES string of the molecule is CCCCCCCCOCC(COS(=O)(=O)O)N1CCc2ccccc2C1. The van der Waals surface area contributed by atoms with E-state index < -0.39 is 10.4 Å². The van der Waals surface area contributed by atoms with Crippen molar-refractivity contribution in [3.8, 4) is 0 Å². The van der Waals surface area contributed by atoms with Gasteiger partial charge >= 0.3 is 10.4 Å². The molecule has 1 heterocycles. The lowest BCUT2D eigenvalue weighted by atomic mass is 9.99. The molecule has 1 N–H and O–H groups in total. The van der Waals surface area contributed by atoms with Crippen molar-refractivity contribution in [3.63, 3.8) is 0 Å². The van der Waals surface area contributed by atoms with Gasteiger partial charge in [-0.05, 0) is 24.0 Å². The van der Waals surface area contributed by atoms with Crippen molar-refractivity contribution in [1.29, 1.82) is 0 Å². The molecule has 1 unspecified atom stereocenters. The molecule has 1 aromatic carbocycles. The van der Waals surface area contributed by atoms with Crippen LogP contribution in [0, 0.1) is 0 Å². The van der Waals surface area contributed by atoms with Crippen molar-refractivity contribution in [3.05, 3.63) is 35.4 Å². The number of fused-ring (bicyclic) bond motifs is 1. The summed E-state index contributed by atoms with van der Waals surface area (Å²) in [5, 5.41) is 0. The van der Waals surface area contributed by atoms with E-state index >= 15 is 0 Å². The number of hydrogen-bond acceptors (Lipinski definition) is 5. The molecule has 0 bridgehead atoms. The number of rotatable bonds is 13. The molecule has 1 aliphatic rings. The van der Waals surface area contributed by atoms with Gasteiger partial charge in [0.1, 0.15) is 0 Å². The maximum Gasteiger partial charge on any atom is 0.397 e. The van der Waals surface area contributed by atoms with Crippen molar-refractivity contribution in [2.45, 2.75) is 64.5 Å². The van der Waals surface area contributed by atoms with Crippen LogP contribution in [0.4, 0.5) is 0 Å². The Morgan fingerprint density at radius 2 is 1.78 bits per heavy atom. The minimum Gasteiger partial charge on any atom is -0.380 e. The zero-order valence-electron chi connectivity index (χ0n) is 16.3. The zero-order chi connectivity index (χ0) is 19.5. The lowest BCUT2D eigenvalue weighted by molar-refractivity contribution is 0.0279. The summed E-state index contributed by atoms with van der Waals surface area (Å²) in [6, 6.07) is 8.07. The van der Waals surface area contributed by atoms with Gasteiger partial charge in [0.25, 0.3) is 0 Å². The van der Waals surface area contributed by atoms with Crippen LogP contribution in [0.15, 0.2) is 24.3 Å². The summed E-state index contributed by atoms with van der Waals surface area (Å²) < 4.78 is 41.4. The Morgan fingerprint density at radius 1 is 1.07 bits per heavy atom. The average Bonchev–Trinajstić information content (AvgIpc) is 2.65. The van der Waals surface area contributed by atoms with Crippen LogP contribution in [-0.2, 0) is 32.3 Å². The van der Waals surface area contributed by atoms with Crippen LogP contribution in [0.3, 0.4) is 0 Å². The first-order chi connectivity index (χ1) is 13.0. The van der Waals surface area contributed by atoms with Gasteiger partial charge in [0, 0.05) is 19.7 Å².